The van der Waals surface area contributed by atoms with E-state index in [0.29, 0.717) is 11.3 Å². The number of hydrogen-bond acceptors (Lipinski definition) is 8. The number of aliphatic hydroxyl groups excluding tert-OH is 2. The Morgan fingerprint density at radius 3 is 2.29 bits per heavy atom. The Bertz CT molecular complexity index is 1070. The third-order valence-corrected chi connectivity index (χ3v) is 4.78. The Kier molecular flexibility index (Phi) is 6.61. The van der Waals surface area contributed by atoms with Gasteiger partial charge in [-0.1, -0.05) is 24.3 Å². The number of nitrogens with one attached hydrogen (secondary N) is 1. The van der Waals surface area contributed by atoms with Gasteiger partial charge in [-0.15, -0.1) is 0 Å². The molecular weight excluding hydrogens is 402 g/mol. The fourth-order valence-corrected chi connectivity index (χ4v) is 3.23. The van der Waals surface area contributed by atoms with Gasteiger partial charge >= 0.3 is 5.97 Å². The summed E-state index contributed by atoms with van der Waals surface area (Å²) in [6, 6.07) is 12.4. The maximum atomic E-state index is 12.5. The molecule has 0 radical (unpaired) electrons. The Labute approximate surface area is 178 Å². The second-order valence-electron chi connectivity index (χ2n) is 7.13. The standard InChI is InChI=1S/C23H21NO7/c1-13(10-19-20(27)17-4-2-3-5-18(17)21(28)22(19)29)24-15-8-6-14(7-9-15)23(30)31-12-16(26)11-25/h2-9,13,24-25,27H,10-12H2,1H3. The Morgan fingerprint density at radius 1 is 1.00 bits per heavy atom. The zero-order chi connectivity index (χ0) is 22.5. The molecule has 0 aliphatic heterocycles. The molecule has 1 aliphatic rings. The minimum absolute atomic E-state index is 0.0532. The number of ketones is 3. The van der Waals surface area contributed by atoms with Crippen molar-refractivity contribution in [2.75, 3.05) is 18.5 Å². The first kappa shape index (κ1) is 21.9. The Balaban J connectivity index is 1.66. The van der Waals surface area contributed by atoms with Gasteiger partial charge in [0.1, 0.15) is 12.4 Å². The van der Waals surface area contributed by atoms with Crippen molar-refractivity contribution in [1.82, 2.24) is 0 Å². The van der Waals surface area contributed by atoms with E-state index in [9.17, 15) is 24.3 Å². The zero-order valence-corrected chi connectivity index (χ0v) is 16.8. The van der Waals surface area contributed by atoms with Gasteiger partial charge in [0.25, 0.3) is 0 Å². The summed E-state index contributed by atoms with van der Waals surface area (Å²) in [5, 5.41) is 22.3. The van der Waals surface area contributed by atoms with E-state index < -0.39 is 36.5 Å². The summed E-state index contributed by atoms with van der Waals surface area (Å²) >= 11 is 0. The number of aliphatic hydroxyl groups is 2. The molecule has 31 heavy (non-hydrogen) atoms. The molecule has 0 fully saturated rings. The number of rotatable bonds is 8. The molecule has 0 saturated heterocycles. The van der Waals surface area contributed by atoms with Crippen molar-refractivity contribution >= 4 is 34.8 Å². The van der Waals surface area contributed by atoms with Gasteiger partial charge in [0.05, 0.1) is 5.56 Å². The fraction of sp³-hybridized carbons (Fsp3) is 0.217. The number of benzene rings is 2. The maximum Gasteiger partial charge on any atom is 0.338 e. The van der Waals surface area contributed by atoms with Crippen molar-refractivity contribution in [2.45, 2.75) is 19.4 Å². The van der Waals surface area contributed by atoms with Crippen LogP contribution in [0, 0.1) is 0 Å². The van der Waals surface area contributed by atoms with Crippen LogP contribution in [-0.2, 0) is 14.3 Å². The second-order valence-corrected chi connectivity index (χ2v) is 7.13. The number of anilines is 1. The van der Waals surface area contributed by atoms with E-state index in [1.165, 1.54) is 18.2 Å². The smallest absolute Gasteiger partial charge is 0.338 e. The van der Waals surface area contributed by atoms with E-state index in [1.54, 1.807) is 37.3 Å². The summed E-state index contributed by atoms with van der Waals surface area (Å²) < 4.78 is 4.79. The lowest BCUT2D eigenvalue weighted by Crippen LogP contribution is -2.27. The summed E-state index contributed by atoms with van der Waals surface area (Å²) in [5.41, 5.74) is 1.46. The van der Waals surface area contributed by atoms with Crippen LogP contribution in [0.3, 0.4) is 0 Å². The largest absolute Gasteiger partial charge is 0.507 e. The van der Waals surface area contributed by atoms with Crippen LogP contribution in [0.15, 0.2) is 54.1 Å². The highest BCUT2D eigenvalue weighted by Gasteiger charge is 2.33. The van der Waals surface area contributed by atoms with Gasteiger partial charge in [0.15, 0.2) is 12.4 Å². The average molecular weight is 423 g/mol. The van der Waals surface area contributed by atoms with E-state index in [-0.39, 0.29) is 34.9 Å². The van der Waals surface area contributed by atoms with E-state index in [2.05, 4.69) is 5.32 Å². The SMILES string of the molecule is CC(CC1=C(O)c2ccccc2C(=O)C1=O)Nc1ccc(C(=O)OCC(=O)CO)cc1. The second kappa shape index (κ2) is 9.36. The predicted octanol–water partition coefficient (Wildman–Crippen LogP) is 2.33. The Hall–Kier alpha value is -3.78. The molecule has 0 bridgehead atoms. The highest BCUT2D eigenvalue weighted by Crippen LogP contribution is 2.30. The molecule has 8 nitrogen and oxygen atoms in total. The third kappa shape index (κ3) is 4.87. The van der Waals surface area contributed by atoms with Crippen LogP contribution in [0.2, 0.25) is 0 Å². The van der Waals surface area contributed by atoms with Gasteiger partial charge in [-0.3, -0.25) is 14.4 Å². The monoisotopic (exact) mass is 423 g/mol. The fourth-order valence-electron chi connectivity index (χ4n) is 3.23. The van der Waals surface area contributed by atoms with Crippen LogP contribution in [0.25, 0.3) is 5.76 Å². The molecular formula is C23H21NO7. The molecule has 0 saturated carbocycles. The first-order valence-corrected chi connectivity index (χ1v) is 9.58. The molecule has 0 amide bonds. The lowest BCUT2D eigenvalue weighted by atomic mass is 9.86. The first-order valence-electron chi connectivity index (χ1n) is 9.58. The van der Waals surface area contributed by atoms with Crippen molar-refractivity contribution in [3.8, 4) is 0 Å². The van der Waals surface area contributed by atoms with Gasteiger partial charge in [0, 0.05) is 28.4 Å². The molecule has 1 atom stereocenters. The normalized spacial score (nSPS) is 14.1. The van der Waals surface area contributed by atoms with Crippen molar-refractivity contribution in [2.24, 2.45) is 0 Å². The van der Waals surface area contributed by atoms with Gasteiger partial charge in [-0.2, -0.15) is 0 Å². The van der Waals surface area contributed by atoms with Crippen LogP contribution >= 0.6 is 0 Å². The summed E-state index contributed by atoms with van der Waals surface area (Å²) in [4.78, 5) is 47.7. The number of carbonyl (C=O) groups is 4. The van der Waals surface area contributed by atoms with Crippen molar-refractivity contribution < 1.29 is 34.1 Å². The summed E-state index contributed by atoms with van der Waals surface area (Å²) in [5.74, 6) is -2.85. The lowest BCUT2D eigenvalue weighted by Gasteiger charge is -2.21. The molecule has 160 valence electrons. The molecule has 2 aromatic rings. The molecule has 0 spiro atoms. The van der Waals surface area contributed by atoms with E-state index >= 15 is 0 Å². The minimum Gasteiger partial charge on any atom is -0.507 e. The van der Waals surface area contributed by atoms with E-state index in [0.717, 1.165) is 0 Å². The molecule has 8 heteroatoms. The topological polar surface area (TPSA) is 130 Å². The van der Waals surface area contributed by atoms with Crippen molar-refractivity contribution in [1.29, 1.82) is 0 Å². The van der Waals surface area contributed by atoms with Crippen molar-refractivity contribution in [3.05, 3.63) is 70.8 Å². The van der Waals surface area contributed by atoms with Gasteiger partial charge in [0.2, 0.25) is 11.6 Å². The van der Waals surface area contributed by atoms with Gasteiger partial charge < -0.3 is 20.3 Å². The van der Waals surface area contributed by atoms with Crippen LogP contribution in [0.1, 0.15) is 39.6 Å². The third-order valence-electron chi connectivity index (χ3n) is 4.78. The molecule has 3 N–H and O–H groups in total. The quantitative estimate of drug-likeness (QED) is 0.436. The number of Topliss-reactive ketones (excluding diaryl/α,β-unsaturated/α-hetero) is 3. The van der Waals surface area contributed by atoms with E-state index in [4.69, 9.17) is 9.84 Å². The van der Waals surface area contributed by atoms with Crippen LogP contribution in [-0.4, -0.2) is 52.8 Å². The number of carbonyl (C=O) groups excluding carboxylic acids is 4. The van der Waals surface area contributed by atoms with Crippen LogP contribution < -0.4 is 5.32 Å². The first-order chi connectivity index (χ1) is 14.8. The predicted molar refractivity (Wildman–Crippen MR) is 112 cm³/mol. The number of hydrogen-bond donors (Lipinski definition) is 3. The highest BCUT2D eigenvalue weighted by atomic mass is 16.5. The Morgan fingerprint density at radius 2 is 1.65 bits per heavy atom. The summed E-state index contributed by atoms with van der Waals surface area (Å²) in [7, 11) is 0. The number of esters is 1. The summed E-state index contributed by atoms with van der Waals surface area (Å²) in [6.07, 6.45) is 0.123. The van der Waals surface area contributed by atoms with Gasteiger partial charge in [-0.25, -0.2) is 4.79 Å². The number of fused-ring (bicyclic) bond motifs is 1. The lowest BCUT2D eigenvalue weighted by molar-refractivity contribution is -0.124. The molecule has 1 unspecified atom stereocenters. The van der Waals surface area contributed by atoms with Gasteiger partial charge in [-0.05, 0) is 37.6 Å². The number of ether oxygens (including phenoxy) is 1. The molecule has 1 aliphatic carbocycles. The zero-order valence-electron chi connectivity index (χ0n) is 16.8. The molecule has 0 heterocycles. The summed E-state index contributed by atoms with van der Waals surface area (Å²) in [6.45, 7) is 0.599. The molecule has 0 aromatic heterocycles. The average Bonchev–Trinajstić information content (AvgIpc) is 2.79. The van der Waals surface area contributed by atoms with Crippen LogP contribution in [0.4, 0.5) is 5.69 Å². The van der Waals surface area contributed by atoms with E-state index in [1.807, 2.05) is 0 Å². The molecule has 3 rings (SSSR count). The van der Waals surface area contributed by atoms with Crippen LogP contribution in [0.5, 0.6) is 0 Å². The maximum absolute atomic E-state index is 12.5. The highest BCUT2D eigenvalue weighted by molar-refractivity contribution is 6.52. The minimum atomic E-state index is -0.722. The van der Waals surface area contributed by atoms with Crippen molar-refractivity contribution in [3.63, 3.8) is 0 Å². The molecule has 2 aromatic carbocycles.